The molecule has 0 saturated carbocycles. The lowest BCUT2D eigenvalue weighted by Gasteiger charge is -2.12. The minimum atomic E-state index is 0.522. The third kappa shape index (κ3) is 7.75. The molecule has 10 nitrogen and oxygen atoms in total. The summed E-state index contributed by atoms with van der Waals surface area (Å²) in [4.78, 5) is 31.8. The fraction of sp³-hybridized carbons (Fsp3) is 0. The average Bonchev–Trinajstić information content (AvgIpc) is 1.74. The predicted molar refractivity (Wildman–Crippen MR) is 358 cm³/mol. The number of fused-ring (bicyclic) bond motifs is 13. The van der Waals surface area contributed by atoms with Crippen LogP contribution < -0.4 is 0 Å². The monoisotopic (exact) mass is 1120 g/mol. The highest BCUT2D eigenvalue weighted by Gasteiger charge is 2.25. The van der Waals surface area contributed by atoms with Crippen LogP contribution in [0.2, 0.25) is 0 Å². The van der Waals surface area contributed by atoms with Crippen LogP contribution >= 0.6 is 0 Å². The molecule has 410 valence electrons. The molecule has 88 heavy (non-hydrogen) atoms. The van der Waals surface area contributed by atoms with E-state index in [1.54, 1.807) is 0 Å². The molecule has 0 bridgehead atoms. The standard InChI is InChI=1S/C78H48N10/c1-6-22-50(23-7-1)73-79-74(51-24-8-2-9-25-51)83-78(82-73)88-68-46-54(42-43-58(68)62-47-61-57-32-16-19-35-63(57)86(69(61)48-70(62)88)56-30-14-5-15-31-56)49-38-40-53(41-39-49)76-80-75(52-26-10-3-11-27-52)81-77(84-76)87-65-37-21-18-34-60(65)72-67(87)45-44-66-71(72)59-33-17-20-36-64(59)85(66)55-28-12-4-13-29-55/h1-48H. The van der Waals surface area contributed by atoms with Gasteiger partial charge in [-0.05, 0) is 83.9 Å². The van der Waals surface area contributed by atoms with Crippen LogP contribution in [0.15, 0.2) is 291 Å². The number of benzene rings is 12. The summed E-state index contributed by atoms with van der Waals surface area (Å²) in [5.74, 6) is 3.38. The van der Waals surface area contributed by atoms with E-state index in [2.05, 4.69) is 255 Å². The lowest BCUT2D eigenvalue weighted by Crippen LogP contribution is -2.06. The Kier molecular flexibility index (Phi) is 11.1. The molecule has 12 aromatic carbocycles. The Labute approximate surface area is 503 Å². The summed E-state index contributed by atoms with van der Waals surface area (Å²) in [6, 6.07) is 102. The smallest absolute Gasteiger partial charge is 0.238 e. The summed E-state index contributed by atoms with van der Waals surface area (Å²) in [7, 11) is 0. The highest BCUT2D eigenvalue weighted by molar-refractivity contribution is 6.29. The Morgan fingerprint density at radius 1 is 0.182 bits per heavy atom. The highest BCUT2D eigenvalue weighted by Crippen LogP contribution is 2.44. The van der Waals surface area contributed by atoms with Crippen LogP contribution in [0.3, 0.4) is 0 Å². The highest BCUT2D eigenvalue weighted by atomic mass is 15.2. The molecule has 0 unspecified atom stereocenters. The van der Waals surface area contributed by atoms with E-state index in [1.807, 2.05) is 54.6 Å². The van der Waals surface area contributed by atoms with Gasteiger partial charge in [0.1, 0.15) is 0 Å². The number of hydrogen-bond acceptors (Lipinski definition) is 6. The molecule has 18 rings (SSSR count). The second-order valence-electron chi connectivity index (χ2n) is 22.3. The van der Waals surface area contributed by atoms with Crippen LogP contribution in [0.1, 0.15) is 0 Å². The molecule has 0 aliphatic heterocycles. The van der Waals surface area contributed by atoms with Gasteiger partial charge in [-0.2, -0.15) is 19.9 Å². The van der Waals surface area contributed by atoms with Crippen molar-refractivity contribution in [3.8, 4) is 79.9 Å². The summed E-state index contributed by atoms with van der Waals surface area (Å²) in [6.07, 6.45) is 0. The Morgan fingerprint density at radius 2 is 0.511 bits per heavy atom. The zero-order chi connectivity index (χ0) is 57.8. The molecule has 0 N–H and O–H groups in total. The van der Waals surface area contributed by atoms with Crippen LogP contribution in [-0.4, -0.2) is 48.2 Å². The van der Waals surface area contributed by atoms with Crippen LogP contribution in [-0.2, 0) is 0 Å². The van der Waals surface area contributed by atoms with Gasteiger partial charge in [0.25, 0.3) is 0 Å². The third-order valence-corrected chi connectivity index (χ3v) is 17.3. The van der Waals surface area contributed by atoms with E-state index in [-0.39, 0.29) is 0 Å². The minimum Gasteiger partial charge on any atom is -0.309 e. The van der Waals surface area contributed by atoms with Crippen molar-refractivity contribution in [2.75, 3.05) is 0 Å². The molecule has 0 amide bonds. The molecule has 0 radical (unpaired) electrons. The van der Waals surface area contributed by atoms with Crippen molar-refractivity contribution < 1.29 is 0 Å². The Morgan fingerprint density at radius 3 is 1.01 bits per heavy atom. The van der Waals surface area contributed by atoms with Gasteiger partial charge < -0.3 is 9.13 Å². The van der Waals surface area contributed by atoms with Crippen molar-refractivity contribution >= 4 is 87.2 Å². The Balaban J connectivity index is 0.821. The third-order valence-electron chi connectivity index (χ3n) is 17.3. The number of para-hydroxylation sites is 5. The van der Waals surface area contributed by atoms with Crippen molar-refractivity contribution in [1.29, 1.82) is 0 Å². The molecule has 6 aromatic heterocycles. The summed E-state index contributed by atoms with van der Waals surface area (Å²) < 4.78 is 9.18. The quantitative estimate of drug-likeness (QED) is 0.143. The van der Waals surface area contributed by atoms with E-state index >= 15 is 0 Å². The first kappa shape index (κ1) is 49.3. The van der Waals surface area contributed by atoms with E-state index in [0.717, 1.165) is 116 Å². The normalized spacial score (nSPS) is 11.9. The van der Waals surface area contributed by atoms with Gasteiger partial charge in [0.15, 0.2) is 23.3 Å². The van der Waals surface area contributed by atoms with Gasteiger partial charge in [-0.25, -0.2) is 9.97 Å². The first-order valence-electron chi connectivity index (χ1n) is 29.5. The topological polar surface area (TPSA) is 97.1 Å². The zero-order valence-electron chi connectivity index (χ0n) is 47.2. The number of rotatable bonds is 9. The molecule has 10 heteroatoms. The maximum atomic E-state index is 5.41. The molecule has 0 aliphatic rings. The second-order valence-corrected chi connectivity index (χ2v) is 22.3. The van der Waals surface area contributed by atoms with Gasteiger partial charge in [-0.3, -0.25) is 9.13 Å². The minimum absolute atomic E-state index is 0.522. The summed E-state index contributed by atoms with van der Waals surface area (Å²) >= 11 is 0. The van der Waals surface area contributed by atoms with E-state index in [1.165, 1.54) is 16.2 Å². The van der Waals surface area contributed by atoms with Crippen molar-refractivity contribution in [1.82, 2.24) is 48.2 Å². The maximum Gasteiger partial charge on any atom is 0.238 e. The van der Waals surface area contributed by atoms with E-state index in [0.29, 0.717) is 35.2 Å². The van der Waals surface area contributed by atoms with Crippen LogP contribution in [0.5, 0.6) is 0 Å². The van der Waals surface area contributed by atoms with Crippen molar-refractivity contribution in [2.24, 2.45) is 0 Å². The predicted octanol–water partition coefficient (Wildman–Crippen LogP) is 18.8. The van der Waals surface area contributed by atoms with E-state index in [9.17, 15) is 0 Å². The van der Waals surface area contributed by atoms with Crippen molar-refractivity contribution in [2.45, 2.75) is 0 Å². The van der Waals surface area contributed by atoms with Gasteiger partial charge in [-0.15, -0.1) is 0 Å². The Hall–Kier alpha value is -12.1. The number of hydrogen-bond donors (Lipinski definition) is 0. The average molecular weight is 1130 g/mol. The molecule has 0 fully saturated rings. The molecule has 0 spiro atoms. The zero-order valence-corrected chi connectivity index (χ0v) is 47.2. The largest absolute Gasteiger partial charge is 0.309 e. The molecular formula is C78H48N10. The second kappa shape index (κ2) is 19.7. The number of nitrogens with zero attached hydrogens (tertiary/aromatic N) is 10. The summed E-state index contributed by atoms with van der Waals surface area (Å²) in [6.45, 7) is 0. The number of aromatic nitrogens is 10. The van der Waals surface area contributed by atoms with Gasteiger partial charge in [0.2, 0.25) is 11.9 Å². The van der Waals surface area contributed by atoms with Crippen LogP contribution in [0.25, 0.3) is 167 Å². The van der Waals surface area contributed by atoms with Gasteiger partial charge in [-0.1, -0.05) is 218 Å². The van der Waals surface area contributed by atoms with Crippen molar-refractivity contribution in [3.63, 3.8) is 0 Å². The molecule has 0 atom stereocenters. The first-order valence-corrected chi connectivity index (χ1v) is 29.5. The SMILES string of the molecule is c1ccc(-c2nc(-c3ccccc3)nc(-n3c4cc(-c5ccc(-c6nc(-c7ccccc7)nc(-n7c8ccccc8c8c9c%10ccccc%10n(-c%10ccccc%10)c9ccc87)n6)cc5)ccc4c4cc5c6ccccc6n(-c6ccccc6)c5cc43)n2)cc1. The fourth-order valence-electron chi connectivity index (χ4n) is 13.3. The lowest BCUT2D eigenvalue weighted by atomic mass is 10.0. The fourth-order valence-corrected chi connectivity index (χ4v) is 13.3. The van der Waals surface area contributed by atoms with Gasteiger partial charge in [0.05, 0.1) is 44.1 Å². The van der Waals surface area contributed by atoms with Crippen molar-refractivity contribution in [3.05, 3.63) is 291 Å². The summed E-state index contributed by atoms with van der Waals surface area (Å²) in [5, 5.41) is 9.15. The molecule has 6 heterocycles. The van der Waals surface area contributed by atoms with Crippen LogP contribution in [0, 0.1) is 0 Å². The summed E-state index contributed by atoms with van der Waals surface area (Å²) in [5.41, 5.74) is 16.3. The first-order chi connectivity index (χ1) is 43.6. The van der Waals surface area contributed by atoms with Gasteiger partial charge in [0, 0.05) is 76.7 Å². The lowest BCUT2D eigenvalue weighted by molar-refractivity contribution is 0.953. The van der Waals surface area contributed by atoms with Gasteiger partial charge >= 0.3 is 0 Å². The van der Waals surface area contributed by atoms with E-state index < -0.39 is 0 Å². The maximum absolute atomic E-state index is 5.41. The molecule has 0 aliphatic carbocycles. The molecular weight excluding hydrogens is 1080 g/mol. The Bertz CT molecular complexity index is 5720. The molecule has 18 aromatic rings. The van der Waals surface area contributed by atoms with E-state index in [4.69, 9.17) is 29.9 Å². The van der Waals surface area contributed by atoms with Crippen LogP contribution in [0.4, 0.5) is 0 Å². The molecule has 0 saturated heterocycles.